The van der Waals surface area contributed by atoms with Gasteiger partial charge in [-0.25, -0.2) is 0 Å². The first kappa shape index (κ1) is 16.2. The van der Waals surface area contributed by atoms with Crippen molar-refractivity contribution in [2.24, 2.45) is 5.73 Å². The Hall–Kier alpha value is -1.16. The lowest BCUT2D eigenvalue weighted by Gasteiger charge is -2.23. The second kappa shape index (κ2) is 7.21. The normalized spacial score (nSPS) is 14.2. The first-order valence-corrected chi connectivity index (χ1v) is 8.05. The van der Waals surface area contributed by atoms with Crippen molar-refractivity contribution >= 4 is 15.9 Å². The van der Waals surface area contributed by atoms with E-state index in [2.05, 4.69) is 41.9 Å². The number of rotatable bonds is 5. The smallest absolute Gasteiger partial charge is 0.0870 e. The zero-order chi connectivity index (χ0) is 15.4. The molecule has 2 aromatic carbocycles. The Labute approximate surface area is 135 Å². The fraction of sp³-hybridized carbons (Fsp3) is 0.333. The summed E-state index contributed by atoms with van der Waals surface area (Å²) >= 11 is 3.43. The number of nitrogens with two attached hydrogens (primary N) is 1. The van der Waals surface area contributed by atoms with Crippen molar-refractivity contribution in [3.05, 3.63) is 69.7 Å². The fourth-order valence-electron chi connectivity index (χ4n) is 2.47. The maximum absolute atomic E-state index is 10.6. The lowest BCUT2D eigenvalue weighted by atomic mass is 9.88. The van der Waals surface area contributed by atoms with E-state index in [1.54, 1.807) is 0 Å². The van der Waals surface area contributed by atoms with Crippen LogP contribution < -0.4 is 5.73 Å². The summed E-state index contributed by atoms with van der Waals surface area (Å²) in [5, 5.41) is 10.6. The highest BCUT2D eigenvalue weighted by molar-refractivity contribution is 9.10. The Kier molecular flexibility index (Phi) is 5.57. The number of aliphatic hydroxyl groups excluding tert-OH is 1. The van der Waals surface area contributed by atoms with E-state index in [0.29, 0.717) is 12.5 Å². The van der Waals surface area contributed by atoms with E-state index in [9.17, 15) is 5.11 Å². The summed E-state index contributed by atoms with van der Waals surface area (Å²) in [6.45, 7) is 4.74. The van der Waals surface area contributed by atoms with Crippen molar-refractivity contribution in [1.82, 2.24) is 0 Å². The van der Waals surface area contributed by atoms with Gasteiger partial charge in [0.15, 0.2) is 0 Å². The van der Waals surface area contributed by atoms with Crippen molar-refractivity contribution in [1.29, 1.82) is 0 Å². The van der Waals surface area contributed by atoms with E-state index in [4.69, 9.17) is 5.73 Å². The summed E-state index contributed by atoms with van der Waals surface area (Å²) < 4.78 is 1.03. The number of halogens is 1. The minimum Gasteiger partial charge on any atom is -0.388 e. The molecule has 0 aliphatic carbocycles. The Morgan fingerprint density at radius 1 is 0.905 bits per heavy atom. The van der Waals surface area contributed by atoms with E-state index >= 15 is 0 Å². The van der Waals surface area contributed by atoms with Crippen LogP contribution >= 0.6 is 15.9 Å². The van der Waals surface area contributed by atoms with Gasteiger partial charge < -0.3 is 10.8 Å². The van der Waals surface area contributed by atoms with Gasteiger partial charge in [0.2, 0.25) is 0 Å². The topological polar surface area (TPSA) is 46.2 Å². The summed E-state index contributed by atoms with van der Waals surface area (Å²) in [5.74, 6) is 0.399. The largest absolute Gasteiger partial charge is 0.388 e. The summed E-state index contributed by atoms with van der Waals surface area (Å²) in [7, 11) is 0. The van der Waals surface area contributed by atoms with Gasteiger partial charge in [-0.05, 0) is 34.7 Å². The highest BCUT2D eigenvalue weighted by Crippen LogP contribution is 2.31. The van der Waals surface area contributed by atoms with Crippen LogP contribution in [0.1, 0.15) is 48.5 Å². The molecule has 0 aliphatic rings. The SMILES string of the molecule is CC(C)c1ccc(C(O)C(CN)c2ccc(Br)cc2)cc1. The molecular weight excluding hydrogens is 326 g/mol. The fourth-order valence-corrected chi connectivity index (χ4v) is 2.73. The van der Waals surface area contributed by atoms with E-state index < -0.39 is 6.10 Å². The minimum atomic E-state index is -0.586. The quantitative estimate of drug-likeness (QED) is 0.844. The molecule has 2 aromatic rings. The van der Waals surface area contributed by atoms with Crippen LogP contribution in [0, 0.1) is 0 Å². The summed E-state index contributed by atoms with van der Waals surface area (Å²) in [6.07, 6.45) is -0.586. The number of hydrogen-bond acceptors (Lipinski definition) is 2. The average Bonchev–Trinajstić information content (AvgIpc) is 2.50. The lowest BCUT2D eigenvalue weighted by molar-refractivity contribution is 0.147. The average molecular weight is 348 g/mol. The van der Waals surface area contributed by atoms with Crippen molar-refractivity contribution in [2.75, 3.05) is 6.54 Å². The molecule has 2 unspecified atom stereocenters. The Bertz CT molecular complexity index is 563. The maximum atomic E-state index is 10.6. The van der Waals surface area contributed by atoms with Crippen molar-refractivity contribution in [3.8, 4) is 0 Å². The first-order valence-electron chi connectivity index (χ1n) is 7.26. The monoisotopic (exact) mass is 347 g/mol. The van der Waals surface area contributed by atoms with Gasteiger partial charge in [-0.2, -0.15) is 0 Å². The van der Waals surface area contributed by atoms with Crippen LogP contribution in [-0.2, 0) is 0 Å². The molecule has 21 heavy (non-hydrogen) atoms. The minimum absolute atomic E-state index is 0.0944. The zero-order valence-corrected chi connectivity index (χ0v) is 14.0. The van der Waals surface area contributed by atoms with Crippen LogP contribution in [0.25, 0.3) is 0 Å². The van der Waals surface area contributed by atoms with Crippen LogP contribution in [0.3, 0.4) is 0 Å². The van der Waals surface area contributed by atoms with Gasteiger partial charge in [0, 0.05) is 16.9 Å². The molecule has 2 atom stereocenters. The predicted octanol–water partition coefficient (Wildman–Crippen LogP) is 4.35. The van der Waals surface area contributed by atoms with E-state index in [1.807, 2.05) is 36.4 Å². The molecule has 2 rings (SSSR count). The Balaban J connectivity index is 2.23. The molecule has 0 saturated carbocycles. The third-order valence-electron chi connectivity index (χ3n) is 3.88. The summed E-state index contributed by atoms with van der Waals surface area (Å²) in [6, 6.07) is 16.1. The molecule has 0 radical (unpaired) electrons. The summed E-state index contributed by atoms with van der Waals surface area (Å²) in [4.78, 5) is 0. The molecule has 0 saturated heterocycles. The second-order valence-corrected chi connectivity index (χ2v) is 6.58. The summed E-state index contributed by atoms with van der Waals surface area (Å²) in [5.41, 5.74) is 9.14. The lowest BCUT2D eigenvalue weighted by Crippen LogP contribution is -2.20. The molecule has 0 heterocycles. The molecule has 0 fully saturated rings. The van der Waals surface area contributed by atoms with Crippen molar-refractivity contribution < 1.29 is 5.11 Å². The van der Waals surface area contributed by atoms with Gasteiger partial charge in [-0.3, -0.25) is 0 Å². The molecular formula is C18H22BrNO. The zero-order valence-electron chi connectivity index (χ0n) is 12.5. The highest BCUT2D eigenvalue weighted by Gasteiger charge is 2.21. The Morgan fingerprint density at radius 2 is 1.38 bits per heavy atom. The van der Waals surface area contributed by atoms with Gasteiger partial charge in [-0.1, -0.05) is 66.2 Å². The van der Waals surface area contributed by atoms with E-state index in [1.165, 1.54) is 5.56 Å². The van der Waals surface area contributed by atoms with Gasteiger partial charge in [0.1, 0.15) is 0 Å². The van der Waals surface area contributed by atoms with Crippen LogP contribution in [-0.4, -0.2) is 11.7 Å². The standard InChI is InChI=1S/C18H22BrNO/c1-12(2)13-3-5-15(6-4-13)18(21)17(11-20)14-7-9-16(19)10-8-14/h3-10,12,17-18,21H,11,20H2,1-2H3. The van der Waals surface area contributed by atoms with Gasteiger partial charge in [0.25, 0.3) is 0 Å². The van der Waals surface area contributed by atoms with Gasteiger partial charge >= 0.3 is 0 Å². The Morgan fingerprint density at radius 3 is 1.86 bits per heavy atom. The van der Waals surface area contributed by atoms with Crippen LogP contribution in [0.2, 0.25) is 0 Å². The van der Waals surface area contributed by atoms with Crippen LogP contribution in [0.5, 0.6) is 0 Å². The van der Waals surface area contributed by atoms with E-state index in [-0.39, 0.29) is 5.92 Å². The predicted molar refractivity (Wildman–Crippen MR) is 91.4 cm³/mol. The van der Waals surface area contributed by atoms with Gasteiger partial charge in [-0.15, -0.1) is 0 Å². The molecule has 3 N–H and O–H groups in total. The third kappa shape index (κ3) is 3.94. The maximum Gasteiger partial charge on any atom is 0.0870 e. The van der Waals surface area contributed by atoms with Crippen molar-refractivity contribution in [2.45, 2.75) is 31.8 Å². The van der Waals surface area contributed by atoms with E-state index in [0.717, 1.165) is 15.6 Å². The molecule has 0 spiro atoms. The van der Waals surface area contributed by atoms with Crippen LogP contribution in [0.4, 0.5) is 0 Å². The number of hydrogen-bond donors (Lipinski definition) is 2. The molecule has 3 heteroatoms. The molecule has 0 aliphatic heterocycles. The molecule has 2 nitrogen and oxygen atoms in total. The van der Waals surface area contributed by atoms with Crippen LogP contribution in [0.15, 0.2) is 53.0 Å². The molecule has 112 valence electrons. The second-order valence-electron chi connectivity index (χ2n) is 5.66. The number of benzene rings is 2. The molecule has 0 bridgehead atoms. The highest BCUT2D eigenvalue weighted by atomic mass is 79.9. The molecule has 0 amide bonds. The molecule has 0 aromatic heterocycles. The first-order chi connectivity index (χ1) is 10.0. The number of aliphatic hydroxyl groups is 1. The van der Waals surface area contributed by atoms with Crippen molar-refractivity contribution in [3.63, 3.8) is 0 Å². The third-order valence-corrected chi connectivity index (χ3v) is 4.41. The van der Waals surface area contributed by atoms with Gasteiger partial charge in [0.05, 0.1) is 6.10 Å².